The number of benzene rings is 1. The molecule has 0 heterocycles. The van der Waals surface area contributed by atoms with Crippen LogP contribution in [0, 0.1) is 0 Å². The van der Waals surface area contributed by atoms with E-state index in [9.17, 15) is 4.79 Å². The van der Waals surface area contributed by atoms with E-state index in [0.717, 1.165) is 44.5 Å². The highest BCUT2D eigenvalue weighted by Gasteiger charge is 2.50. The van der Waals surface area contributed by atoms with E-state index in [-0.39, 0.29) is 11.3 Å². The minimum Gasteiger partial charge on any atom is -0.355 e. The Morgan fingerprint density at radius 2 is 1.94 bits per heavy atom. The van der Waals surface area contributed by atoms with Crippen molar-refractivity contribution in [3.8, 4) is 0 Å². The van der Waals surface area contributed by atoms with Crippen LogP contribution in [0.5, 0.6) is 0 Å². The topological polar surface area (TPSA) is 41.1 Å². The van der Waals surface area contributed by atoms with E-state index in [1.807, 2.05) is 18.2 Å². The molecule has 1 aromatic carbocycles. The number of carbonyl (C=O) groups excluding carboxylic acids is 1. The minimum absolute atomic E-state index is 0.199. The first-order chi connectivity index (χ1) is 8.79. The molecule has 1 fully saturated rings. The highest BCUT2D eigenvalue weighted by Crippen LogP contribution is 2.48. The first kappa shape index (κ1) is 13.1. The quantitative estimate of drug-likeness (QED) is 0.721. The van der Waals surface area contributed by atoms with Gasteiger partial charge < -0.3 is 10.6 Å². The number of hydrogen-bond acceptors (Lipinski definition) is 2. The van der Waals surface area contributed by atoms with Crippen LogP contribution in [0.25, 0.3) is 0 Å². The molecule has 1 aliphatic rings. The number of carbonyl (C=O) groups is 1. The Morgan fingerprint density at radius 3 is 2.56 bits per heavy atom. The van der Waals surface area contributed by atoms with E-state index in [1.165, 1.54) is 0 Å². The largest absolute Gasteiger partial charge is 0.355 e. The zero-order valence-corrected chi connectivity index (χ0v) is 11.0. The van der Waals surface area contributed by atoms with Gasteiger partial charge >= 0.3 is 0 Å². The Hall–Kier alpha value is -1.35. The highest BCUT2D eigenvalue weighted by atomic mass is 16.2. The zero-order valence-electron chi connectivity index (χ0n) is 11.0. The van der Waals surface area contributed by atoms with Crippen LogP contribution < -0.4 is 10.6 Å². The molecule has 1 aliphatic carbocycles. The summed E-state index contributed by atoms with van der Waals surface area (Å²) in [5.41, 5.74) is 0.939. The summed E-state index contributed by atoms with van der Waals surface area (Å²) < 4.78 is 0. The number of nitrogens with one attached hydrogen (secondary N) is 2. The molecule has 0 atom stereocenters. The van der Waals surface area contributed by atoms with Crippen molar-refractivity contribution in [1.29, 1.82) is 0 Å². The lowest BCUT2D eigenvalue weighted by atomic mass is 9.95. The molecule has 0 saturated heterocycles. The first-order valence-electron chi connectivity index (χ1n) is 6.84. The minimum atomic E-state index is -0.223. The lowest BCUT2D eigenvalue weighted by molar-refractivity contribution is -0.123. The lowest BCUT2D eigenvalue weighted by Gasteiger charge is -2.15. The van der Waals surface area contributed by atoms with Gasteiger partial charge in [0.1, 0.15) is 0 Å². The fourth-order valence-electron chi connectivity index (χ4n) is 2.29. The van der Waals surface area contributed by atoms with Crippen LogP contribution in [0.4, 0.5) is 0 Å². The van der Waals surface area contributed by atoms with Crippen LogP contribution in [0.3, 0.4) is 0 Å². The van der Waals surface area contributed by atoms with E-state index in [0.29, 0.717) is 0 Å². The Kier molecular flexibility index (Phi) is 4.37. The SMILES string of the molecule is CCNCCCNC(=O)C1(c2ccccc2)CC1. The number of amides is 1. The maximum absolute atomic E-state index is 12.2. The maximum Gasteiger partial charge on any atom is 0.230 e. The fraction of sp³-hybridized carbons (Fsp3) is 0.533. The zero-order chi connectivity index (χ0) is 12.8. The van der Waals surface area contributed by atoms with Gasteiger partial charge in [-0.15, -0.1) is 0 Å². The molecular weight excluding hydrogens is 224 g/mol. The van der Waals surface area contributed by atoms with Crippen molar-refractivity contribution in [2.45, 2.75) is 31.6 Å². The molecule has 1 aromatic rings. The van der Waals surface area contributed by atoms with Gasteiger partial charge in [-0.1, -0.05) is 37.3 Å². The van der Waals surface area contributed by atoms with Gasteiger partial charge in [0.05, 0.1) is 5.41 Å². The third-order valence-corrected chi connectivity index (χ3v) is 3.58. The molecule has 2 rings (SSSR count). The fourth-order valence-corrected chi connectivity index (χ4v) is 2.29. The van der Waals surface area contributed by atoms with Crippen LogP contribution in [0.15, 0.2) is 30.3 Å². The summed E-state index contributed by atoms with van der Waals surface area (Å²) >= 11 is 0. The summed E-state index contributed by atoms with van der Waals surface area (Å²) in [5.74, 6) is 0.199. The van der Waals surface area contributed by atoms with E-state index in [2.05, 4.69) is 29.7 Å². The van der Waals surface area contributed by atoms with Crippen LogP contribution in [-0.2, 0) is 10.2 Å². The van der Waals surface area contributed by atoms with Gasteiger partial charge in [-0.3, -0.25) is 4.79 Å². The van der Waals surface area contributed by atoms with E-state index < -0.39 is 0 Å². The van der Waals surface area contributed by atoms with Crippen molar-refractivity contribution in [1.82, 2.24) is 10.6 Å². The average molecular weight is 246 g/mol. The van der Waals surface area contributed by atoms with Crippen molar-refractivity contribution < 1.29 is 4.79 Å². The van der Waals surface area contributed by atoms with Crippen LogP contribution >= 0.6 is 0 Å². The predicted molar refractivity (Wildman–Crippen MR) is 73.5 cm³/mol. The Balaban J connectivity index is 1.82. The van der Waals surface area contributed by atoms with Gasteiger partial charge in [0.25, 0.3) is 0 Å². The van der Waals surface area contributed by atoms with Crippen LogP contribution in [0.2, 0.25) is 0 Å². The second kappa shape index (κ2) is 6.01. The number of hydrogen-bond donors (Lipinski definition) is 2. The van der Waals surface area contributed by atoms with Crippen LogP contribution in [-0.4, -0.2) is 25.5 Å². The molecule has 2 N–H and O–H groups in total. The molecule has 1 saturated carbocycles. The smallest absolute Gasteiger partial charge is 0.230 e. The Bertz CT molecular complexity index is 385. The molecule has 0 radical (unpaired) electrons. The third kappa shape index (κ3) is 2.91. The molecule has 0 unspecified atom stereocenters. The first-order valence-corrected chi connectivity index (χ1v) is 6.84. The molecular formula is C15H22N2O. The van der Waals surface area contributed by atoms with E-state index >= 15 is 0 Å². The monoisotopic (exact) mass is 246 g/mol. The van der Waals surface area contributed by atoms with Gasteiger partial charge in [-0.25, -0.2) is 0 Å². The lowest BCUT2D eigenvalue weighted by Crippen LogP contribution is -2.36. The van der Waals surface area contributed by atoms with Crippen molar-refractivity contribution in [2.75, 3.05) is 19.6 Å². The van der Waals surface area contributed by atoms with Crippen molar-refractivity contribution >= 4 is 5.91 Å². The molecule has 0 bridgehead atoms. The molecule has 98 valence electrons. The van der Waals surface area contributed by atoms with Crippen molar-refractivity contribution in [2.24, 2.45) is 0 Å². The van der Waals surface area contributed by atoms with E-state index in [1.54, 1.807) is 0 Å². The molecule has 3 heteroatoms. The van der Waals surface area contributed by atoms with Crippen molar-refractivity contribution in [3.05, 3.63) is 35.9 Å². The summed E-state index contributed by atoms with van der Waals surface area (Å²) in [4.78, 5) is 12.2. The van der Waals surface area contributed by atoms with Gasteiger partial charge in [-0.2, -0.15) is 0 Å². The summed E-state index contributed by atoms with van der Waals surface area (Å²) in [5, 5.41) is 6.32. The van der Waals surface area contributed by atoms with Crippen LogP contribution in [0.1, 0.15) is 31.7 Å². The molecule has 1 amide bonds. The summed E-state index contributed by atoms with van der Waals surface area (Å²) in [6, 6.07) is 10.1. The molecule has 0 aliphatic heterocycles. The summed E-state index contributed by atoms with van der Waals surface area (Å²) in [6.45, 7) is 4.81. The molecule has 0 spiro atoms. The predicted octanol–water partition coefficient (Wildman–Crippen LogP) is 1.83. The second-order valence-corrected chi connectivity index (χ2v) is 4.91. The van der Waals surface area contributed by atoms with E-state index in [4.69, 9.17) is 0 Å². The molecule has 0 aromatic heterocycles. The number of rotatable bonds is 7. The standard InChI is InChI=1S/C15H22N2O/c1-2-16-11-6-12-17-14(18)15(9-10-15)13-7-4-3-5-8-13/h3-5,7-8,16H,2,6,9-12H2,1H3,(H,17,18). The molecule has 18 heavy (non-hydrogen) atoms. The average Bonchev–Trinajstić information content (AvgIpc) is 3.21. The Morgan fingerprint density at radius 1 is 1.22 bits per heavy atom. The maximum atomic E-state index is 12.2. The van der Waals surface area contributed by atoms with Gasteiger partial charge in [0, 0.05) is 6.54 Å². The van der Waals surface area contributed by atoms with Crippen molar-refractivity contribution in [3.63, 3.8) is 0 Å². The summed E-state index contributed by atoms with van der Waals surface area (Å²) in [7, 11) is 0. The second-order valence-electron chi connectivity index (χ2n) is 4.91. The Labute approximate surface area is 109 Å². The third-order valence-electron chi connectivity index (χ3n) is 3.58. The normalized spacial score (nSPS) is 16.3. The van der Waals surface area contributed by atoms with Gasteiger partial charge in [0.2, 0.25) is 5.91 Å². The molecule has 3 nitrogen and oxygen atoms in total. The highest BCUT2D eigenvalue weighted by molar-refractivity contribution is 5.91. The van der Waals surface area contributed by atoms with Gasteiger partial charge in [-0.05, 0) is 37.9 Å². The van der Waals surface area contributed by atoms with Gasteiger partial charge in [0.15, 0.2) is 0 Å². The summed E-state index contributed by atoms with van der Waals surface area (Å²) in [6.07, 6.45) is 2.95.